The molecule has 0 aliphatic carbocycles. The van der Waals surface area contributed by atoms with Gasteiger partial charge in [0.2, 0.25) is 23.1 Å². The molecule has 0 saturated heterocycles. The van der Waals surface area contributed by atoms with Crippen LogP contribution in [0.4, 0.5) is 0 Å². The smallest absolute Gasteiger partial charge is 0.238 e. The van der Waals surface area contributed by atoms with Crippen LogP contribution in [0, 0.1) is 0 Å². The van der Waals surface area contributed by atoms with E-state index in [1.807, 2.05) is 0 Å². The second-order valence-electron chi connectivity index (χ2n) is 3.64. The number of rotatable bonds is 6. The summed E-state index contributed by atoms with van der Waals surface area (Å²) in [5.74, 6) is -3.14. The first-order valence-corrected chi connectivity index (χ1v) is 7.07. The highest BCUT2D eigenvalue weighted by atomic mass is 32.1. The quantitative estimate of drug-likeness (QED) is 0.466. The lowest BCUT2D eigenvalue weighted by Crippen LogP contribution is -2.22. The Labute approximate surface area is 116 Å². The van der Waals surface area contributed by atoms with Crippen molar-refractivity contribution in [1.82, 2.24) is 0 Å². The van der Waals surface area contributed by atoms with Gasteiger partial charge in [-0.2, -0.15) is 0 Å². The van der Waals surface area contributed by atoms with Crippen molar-refractivity contribution in [2.45, 2.75) is 6.42 Å². The third-order valence-corrected chi connectivity index (χ3v) is 4.05. The van der Waals surface area contributed by atoms with E-state index in [1.54, 1.807) is 22.9 Å². The molecule has 2 aromatic heterocycles. The lowest BCUT2D eigenvalue weighted by atomic mass is 10.1. The van der Waals surface area contributed by atoms with Crippen molar-refractivity contribution in [3.8, 4) is 0 Å². The van der Waals surface area contributed by atoms with E-state index in [0.29, 0.717) is 0 Å². The molecule has 96 valence electrons. The molecule has 2 heterocycles. The summed E-state index contributed by atoms with van der Waals surface area (Å²) in [5.41, 5.74) is 0. The number of Topliss-reactive ketones (excluding diaryl/α,β-unsaturated/α-hetero) is 4. The molecule has 0 aliphatic rings. The molecule has 0 N–H and O–H groups in total. The number of carbonyl (C=O) groups is 4. The highest BCUT2D eigenvalue weighted by molar-refractivity contribution is 7.13. The summed E-state index contributed by atoms with van der Waals surface area (Å²) in [6, 6.07) is 6.31. The summed E-state index contributed by atoms with van der Waals surface area (Å²) in [4.78, 5) is 47.1. The zero-order chi connectivity index (χ0) is 13.8. The fraction of sp³-hybridized carbons (Fsp3) is 0.0769. The predicted molar refractivity (Wildman–Crippen MR) is 71.9 cm³/mol. The summed E-state index contributed by atoms with van der Waals surface area (Å²) in [6.45, 7) is 0. The molecule has 0 spiro atoms. The van der Waals surface area contributed by atoms with Crippen LogP contribution in [-0.4, -0.2) is 23.1 Å². The first kappa shape index (κ1) is 13.5. The van der Waals surface area contributed by atoms with Crippen molar-refractivity contribution in [1.29, 1.82) is 0 Å². The van der Waals surface area contributed by atoms with E-state index in [1.165, 1.54) is 12.1 Å². The van der Waals surface area contributed by atoms with Gasteiger partial charge in [0.05, 0.1) is 16.2 Å². The van der Waals surface area contributed by atoms with Gasteiger partial charge in [0.15, 0.2) is 0 Å². The Morgan fingerprint density at radius 3 is 1.53 bits per heavy atom. The van der Waals surface area contributed by atoms with Crippen LogP contribution in [0.5, 0.6) is 0 Å². The molecule has 0 atom stereocenters. The lowest BCUT2D eigenvalue weighted by Gasteiger charge is -1.97. The minimum absolute atomic E-state index is 0.279. The summed E-state index contributed by atoms with van der Waals surface area (Å²) in [7, 11) is 0. The molecule has 0 saturated carbocycles. The van der Waals surface area contributed by atoms with Crippen LogP contribution < -0.4 is 0 Å². The minimum Gasteiger partial charge on any atom is -0.290 e. The van der Waals surface area contributed by atoms with Crippen molar-refractivity contribution in [3.05, 3.63) is 44.8 Å². The Morgan fingerprint density at radius 2 is 1.21 bits per heavy atom. The molecule has 0 aliphatic heterocycles. The fourth-order valence-electron chi connectivity index (χ4n) is 1.40. The van der Waals surface area contributed by atoms with Crippen LogP contribution >= 0.6 is 22.7 Å². The van der Waals surface area contributed by atoms with Crippen LogP contribution in [0.25, 0.3) is 0 Å². The summed E-state index contributed by atoms with van der Waals surface area (Å²) >= 11 is 2.26. The van der Waals surface area contributed by atoms with Crippen LogP contribution in [0.2, 0.25) is 0 Å². The minimum atomic E-state index is -0.850. The van der Waals surface area contributed by atoms with Crippen molar-refractivity contribution in [2.24, 2.45) is 0 Å². The Kier molecular flexibility index (Phi) is 4.13. The van der Waals surface area contributed by atoms with Crippen molar-refractivity contribution in [3.63, 3.8) is 0 Å². The van der Waals surface area contributed by atoms with Gasteiger partial charge < -0.3 is 0 Å². The highest BCUT2D eigenvalue weighted by Crippen LogP contribution is 2.13. The Balaban J connectivity index is 2.01. The van der Waals surface area contributed by atoms with Crippen LogP contribution in [-0.2, 0) is 9.59 Å². The van der Waals surface area contributed by atoms with E-state index in [2.05, 4.69) is 0 Å². The van der Waals surface area contributed by atoms with E-state index in [0.717, 1.165) is 22.7 Å². The SMILES string of the molecule is O=C(CC(=O)C(=O)c1cccs1)C(=O)c1cccs1. The zero-order valence-corrected chi connectivity index (χ0v) is 11.3. The van der Waals surface area contributed by atoms with Gasteiger partial charge in [-0.05, 0) is 22.9 Å². The van der Waals surface area contributed by atoms with Gasteiger partial charge in [0, 0.05) is 0 Å². The highest BCUT2D eigenvalue weighted by Gasteiger charge is 2.25. The molecule has 6 heteroatoms. The van der Waals surface area contributed by atoms with E-state index in [4.69, 9.17) is 0 Å². The second-order valence-corrected chi connectivity index (χ2v) is 5.53. The number of ketones is 4. The summed E-state index contributed by atoms with van der Waals surface area (Å²) in [6.07, 6.45) is -0.673. The molecular weight excluding hydrogens is 284 g/mol. The van der Waals surface area contributed by atoms with Gasteiger partial charge in [-0.1, -0.05) is 12.1 Å². The maximum atomic E-state index is 11.7. The maximum Gasteiger partial charge on any atom is 0.238 e. The first-order chi connectivity index (χ1) is 9.09. The van der Waals surface area contributed by atoms with E-state index in [-0.39, 0.29) is 9.75 Å². The largest absolute Gasteiger partial charge is 0.290 e. The van der Waals surface area contributed by atoms with Gasteiger partial charge in [-0.15, -0.1) is 22.7 Å². The molecule has 2 rings (SSSR count). The molecule has 0 aromatic carbocycles. The Bertz CT molecular complexity index is 567. The van der Waals surface area contributed by atoms with Gasteiger partial charge in [-0.25, -0.2) is 0 Å². The predicted octanol–water partition coefficient (Wildman–Crippen LogP) is 2.40. The molecule has 4 nitrogen and oxygen atoms in total. The topological polar surface area (TPSA) is 68.3 Å². The molecule has 0 fully saturated rings. The van der Waals surface area contributed by atoms with Crippen LogP contribution in [0.15, 0.2) is 35.0 Å². The third-order valence-electron chi connectivity index (χ3n) is 2.32. The number of hydrogen-bond acceptors (Lipinski definition) is 6. The van der Waals surface area contributed by atoms with Gasteiger partial charge in [0.25, 0.3) is 0 Å². The Morgan fingerprint density at radius 1 is 0.789 bits per heavy atom. The molecule has 2 aromatic rings. The first-order valence-electron chi connectivity index (χ1n) is 5.31. The van der Waals surface area contributed by atoms with Crippen molar-refractivity contribution < 1.29 is 19.2 Å². The normalized spacial score (nSPS) is 10.1. The van der Waals surface area contributed by atoms with Crippen molar-refractivity contribution in [2.75, 3.05) is 0 Å². The molecular formula is C13H8O4S2. The fourth-order valence-corrected chi connectivity index (χ4v) is 2.76. The third kappa shape index (κ3) is 3.10. The molecule has 0 radical (unpaired) electrons. The maximum absolute atomic E-state index is 11.7. The lowest BCUT2D eigenvalue weighted by molar-refractivity contribution is -0.122. The summed E-state index contributed by atoms with van der Waals surface area (Å²) < 4.78 is 0. The van der Waals surface area contributed by atoms with E-state index in [9.17, 15) is 19.2 Å². The van der Waals surface area contributed by atoms with Crippen molar-refractivity contribution >= 4 is 45.8 Å². The zero-order valence-electron chi connectivity index (χ0n) is 9.62. The average molecular weight is 292 g/mol. The van der Waals surface area contributed by atoms with Gasteiger partial charge >= 0.3 is 0 Å². The standard InChI is InChI=1S/C13H8O4S2/c14-8(12(16)10-3-1-5-18-10)7-9(15)13(17)11-4-2-6-19-11/h1-6H,7H2. The van der Waals surface area contributed by atoms with Crippen LogP contribution in [0.1, 0.15) is 25.8 Å². The van der Waals surface area contributed by atoms with Gasteiger partial charge in [0.1, 0.15) is 0 Å². The number of hydrogen-bond donors (Lipinski definition) is 0. The Hall–Kier alpha value is -1.92. The molecule has 0 bridgehead atoms. The van der Waals surface area contributed by atoms with E-state index >= 15 is 0 Å². The van der Waals surface area contributed by atoms with Crippen LogP contribution in [0.3, 0.4) is 0 Å². The molecule has 19 heavy (non-hydrogen) atoms. The second kappa shape index (κ2) is 5.81. The molecule has 0 amide bonds. The number of carbonyl (C=O) groups excluding carboxylic acids is 4. The average Bonchev–Trinajstić information content (AvgIpc) is 3.09. The molecule has 0 unspecified atom stereocenters. The summed E-state index contributed by atoms with van der Waals surface area (Å²) in [5, 5.41) is 3.33. The number of thiophene rings is 2. The van der Waals surface area contributed by atoms with Gasteiger partial charge in [-0.3, -0.25) is 19.2 Å². The van der Waals surface area contributed by atoms with E-state index < -0.39 is 29.6 Å². The monoisotopic (exact) mass is 292 g/mol.